The number of nitrogens with zero attached hydrogens (tertiary/aromatic N) is 4. The van der Waals surface area contributed by atoms with Gasteiger partial charge < -0.3 is 24.9 Å². The Labute approximate surface area is 236 Å². The molecule has 3 heterocycles. The van der Waals surface area contributed by atoms with Crippen LogP contribution in [0.5, 0.6) is 5.75 Å². The zero-order valence-corrected chi connectivity index (χ0v) is 22.0. The molecule has 2 aromatic heterocycles. The van der Waals surface area contributed by atoms with Crippen LogP contribution < -0.4 is 10.5 Å². The monoisotopic (exact) mass is 627 g/mol. The number of anilines is 1. The van der Waals surface area contributed by atoms with E-state index in [9.17, 15) is 49.4 Å². The predicted octanol–water partition coefficient (Wildman–Crippen LogP) is 5.91. The van der Waals surface area contributed by atoms with Crippen LogP contribution in [0.2, 0.25) is 0 Å². The van der Waals surface area contributed by atoms with E-state index in [-0.39, 0.29) is 36.9 Å². The molecule has 0 spiro atoms. The number of alkyl halides is 9. The number of pyridine rings is 1. The minimum Gasteiger partial charge on any atom is -0.416 e. The first-order chi connectivity index (χ1) is 19.8. The van der Waals surface area contributed by atoms with Crippen molar-refractivity contribution in [3.8, 4) is 17.3 Å². The van der Waals surface area contributed by atoms with E-state index < -0.39 is 83.4 Å². The van der Waals surface area contributed by atoms with Crippen LogP contribution in [0.1, 0.15) is 58.8 Å². The van der Waals surface area contributed by atoms with Crippen LogP contribution >= 0.6 is 0 Å². The lowest BCUT2D eigenvalue weighted by Crippen LogP contribution is -2.42. The molecule has 1 amide bonds. The maximum atomic E-state index is 14.0. The standard InChI is InChI=1S/C25H22F9N5O4/c1-12-7-13(9-14(8-12)43-25(32,33)34)11-39-6-4-2-3-5-22(41,24(29,30)31)21-38-37-19(42-21)18-16(35)10-15(23(26,27)28)17(36-18)20(39)40/h7-10,41H,2-6,11,35H2,1H3/t22-/m1/s1. The van der Waals surface area contributed by atoms with Gasteiger partial charge in [0.05, 0.1) is 11.3 Å². The molecule has 1 aromatic carbocycles. The summed E-state index contributed by atoms with van der Waals surface area (Å²) in [6.07, 6.45) is -16.9. The number of hydrogen-bond donors (Lipinski definition) is 2. The smallest absolute Gasteiger partial charge is 0.416 e. The fourth-order valence-corrected chi connectivity index (χ4v) is 4.53. The van der Waals surface area contributed by atoms with E-state index in [0.29, 0.717) is 6.07 Å². The molecular weight excluding hydrogens is 605 g/mol. The van der Waals surface area contributed by atoms with Gasteiger partial charge in [-0.25, -0.2) is 4.98 Å². The third kappa shape index (κ3) is 6.94. The summed E-state index contributed by atoms with van der Waals surface area (Å²) in [6.45, 7) is 0.557. The first-order valence-corrected chi connectivity index (χ1v) is 12.5. The molecular formula is C25H22F9N5O4. The van der Waals surface area contributed by atoms with Crippen molar-refractivity contribution in [2.75, 3.05) is 12.3 Å². The van der Waals surface area contributed by atoms with Crippen molar-refractivity contribution in [3.05, 3.63) is 52.5 Å². The molecule has 3 aromatic rings. The van der Waals surface area contributed by atoms with Crippen LogP contribution in [0.15, 0.2) is 28.7 Å². The van der Waals surface area contributed by atoms with Gasteiger partial charge in [-0.3, -0.25) is 4.79 Å². The maximum absolute atomic E-state index is 14.0. The second kappa shape index (κ2) is 11.2. The fraction of sp³-hybridized carbons (Fsp3) is 0.440. The first kappa shape index (κ1) is 31.8. The van der Waals surface area contributed by atoms with Gasteiger partial charge in [0.15, 0.2) is 5.69 Å². The molecule has 9 nitrogen and oxygen atoms in total. The summed E-state index contributed by atoms with van der Waals surface area (Å²) in [7, 11) is 0. The number of carbonyl (C=O) groups excluding carboxylic acids is 1. The van der Waals surface area contributed by atoms with Crippen LogP contribution in [0.25, 0.3) is 11.6 Å². The van der Waals surface area contributed by atoms with Gasteiger partial charge in [-0.1, -0.05) is 12.5 Å². The largest absolute Gasteiger partial charge is 0.573 e. The van der Waals surface area contributed by atoms with Crippen molar-refractivity contribution >= 4 is 11.6 Å². The molecule has 4 rings (SSSR count). The highest BCUT2D eigenvalue weighted by Crippen LogP contribution is 2.44. The Hall–Kier alpha value is -4.09. The first-order valence-electron chi connectivity index (χ1n) is 12.5. The van der Waals surface area contributed by atoms with Gasteiger partial charge in [-0.15, -0.1) is 23.4 Å². The molecule has 0 aliphatic carbocycles. The van der Waals surface area contributed by atoms with E-state index in [1.807, 2.05) is 0 Å². The quantitative estimate of drug-likeness (QED) is 0.344. The number of fused-ring (bicyclic) bond motifs is 5. The zero-order chi connectivity index (χ0) is 32.0. The van der Waals surface area contributed by atoms with Gasteiger partial charge in [0.2, 0.25) is 5.60 Å². The fourth-order valence-electron chi connectivity index (χ4n) is 4.53. The molecule has 0 unspecified atom stereocenters. The van der Waals surface area contributed by atoms with Crippen molar-refractivity contribution in [3.63, 3.8) is 0 Å². The highest BCUT2D eigenvalue weighted by Gasteiger charge is 2.58. The second-order valence-electron chi connectivity index (χ2n) is 9.83. The van der Waals surface area contributed by atoms with E-state index >= 15 is 0 Å². The Morgan fingerprint density at radius 1 is 1.00 bits per heavy atom. The lowest BCUT2D eigenvalue weighted by Gasteiger charge is -2.28. The van der Waals surface area contributed by atoms with Crippen molar-refractivity contribution in [2.24, 2.45) is 0 Å². The number of aliphatic hydroxyl groups is 1. The summed E-state index contributed by atoms with van der Waals surface area (Å²) in [6, 6.07) is 3.69. The summed E-state index contributed by atoms with van der Waals surface area (Å²) >= 11 is 0. The lowest BCUT2D eigenvalue weighted by molar-refractivity contribution is -0.277. The van der Waals surface area contributed by atoms with Crippen LogP contribution in [0, 0.1) is 6.92 Å². The van der Waals surface area contributed by atoms with E-state index in [1.54, 1.807) is 0 Å². The van der Waals surface area contributed by atoms with E-state index in [2.05, 4.69) is 19.9 Å². The van der Waals surface area contributed by atoms with E-state index in [1.165, 1.54) is 13.0 Å². The zero-order valence-electron chi connectivity index (χ0n) is 22.0. The Morgan fingerprint density at radius 2 is 1.70 bits per heavy atom. The number of ether oxygens (including phenoxy) is 1. The topological polar surface area (TPSA) is 128 Å². The number of hydrogen-bond acceptors (Lipinski definition) is 8. The molecule has 18 heteroatoms. The van der Waals surface area contributed by atoms with Crippen LogP contribution in [0.4, 0.5) is 45.2 Å². The molecule has 0 saturated heterocycles. The Kier molecular flexibility index (Phi) is 8.29. The molecule has 43 heavy (non-hydrogen) atoms. The molecule has 0 radical (unpaired) electrons. The number of amides is 1. The highest BCUT2D eigenvalue weighted by molar-refractivity contribution is 5.95. The average molecular weight is 627 g/mol. The molecule has 1 atom stereocenters. The number of halogens is 9. The molecule has 4 bridgehead atoms. The molecule has 0 saturated carbocycles. The van der Waals surface area contributed by atoms with Crippen LogP contribution in [-0.4, -0.2) is 50.2 Å². The third-order valence-corrected chi connectivity index (χ3v) is 6.48. The molecule has 1 aliphatic rings. The van der Waals surface area contributed by atoms with Crippen molar-refractivity contribution in [1.82, 2.24) is 20.1 Å². The van der Waals surface area contributed by atoms with Gasteiger partial charge in [0.1, 0.15) is 11.4 Å². The Balaban J connectivity index is 1.84. The second-order valence-corrected chi connectivity index (χ2v) is 9.83. The number of aryl methyl sites for hydroxylation is 1. The SMILES string of the molecule is Cc1cc(CN2CCCCC[C@](O)(C(F)(F)F)c3nnc(o3)-c3nc(c(C(F)(F)F)cc3N)C2=O)cc(OC(F)(F)F)c1. The predicted molar refractivity (Wildman–Crippen MR) is 128 cm³/mol. The normalized spacial score (nSPS) is 18.9. The van der Waals surface area contributed by atoms with Gasteiger partial charge in [0, 0.05) is 13.1 Å². The van der Waals surface area contributed by atoms with Gasteiger partial charge in [-0.2, -0.15) is 26.3 Å². The summed E-state index contributed by atoms with van der Waals surface area (Å²) in [5.74, 6) is -4.13. The van der Waals surface area contributed by atoms with Gasteiger partial charge in [-0.05, 0) is 55.5 Å². The van der Waals surface area contributed by atoms with Crippen molar-refractivity contribution < 1.29 is 58.6 Å². The number of carbonyl (C=O) groups is 1. The van der Waals surface area contributed by atoms with Gasteiger partial charge in [0.25, 0.3) is 17.7 Å². The molecule has 1 aliphatic heterocycles. The number of benzene rings is 1. The number of aromatic nitrogens is 3. The lowest BCUT2D eigenvalue weighted by atomic mass is 9.95. The average Bonchev–Trinajstić information content (AvgIpc) is 3.34. The molecule has 3 N–H and O–H groups in total. The summed E-state index contributed by atoms with van der Waals surface area (Å²) < 4.78 is 131. The van der Waals surface area contributed by atoms with Crippen molar-refractivity contribution in [2.45, 2.75) is 63.5 Å². The number of nitrogen functional groups attached to an aromatic ring is 1. The summed E-state index contributed by atoms with van der Waals surface area (Å²) in [4.78, 5) is 18.1. The highest BCUT2D eigenvalue weighted by atomic mass is 19.4. The Bertz CT molecular complexity index is 1500. The summed E-state index contributed by atoms with van der Waals surface area (Å²) in [5.41, 5.74) is -1.94. The minimum atomic E-state index is -5.29. The van der Waals surface area contributed by atoms with Crippen LogP contribution in [0.3, 0.4) is 0 Å². The minimum absolute atomic E-state index is 0.0472. The Morgan fingerprint density at radius 3 is 2.33 bits per heavy atom. The number of rotatable bonds is 3. The maximum Gasteiger partial charge on any atom is 0.573 e. The van der Waals surface area contributed by atoms with Gasteiger partial charge >= 0.3 is 18.7 Å². The number of nitrogens with two attached hydrogens (primary N) is 1. The van der Waals surface area contributed by atoms with E-state index in [0.717, 1.165) is 17.0 Å². The molecule has 0 fully saturated rings. The third-order valence-electron chi connectivity index (χ3n) is 6.48. The van der Waals surface area contributed by atoms with Crippen molar-refractivity contribution in [1.29, 1.82) is 0 Å². The summed E-state index contributed by atoms with van der Waals surface area (Å²) in [5, 5.41) is 17.1. The van der Waals surface area contributed by atoms with E-state index in [4.69, 9.17) is 10.2 Å². The van der Waals surface area contributed by atoms with Crippen LogP contribution in [-0.2, 0) is 18.3 Å². The molecule has 234 valence electrons.